The number of thioether (sulfide) groups is 1. The molecule has 2 rings (SSSR count). The highest BCUT2D eigenvalue weighted by molar-refractivity contribution is 7.99. The summed E-state index contributed by atoms with van der Waals surface area (Å²) in [6.07, 6.45) is 0. The van der Waals surface area contributed by atoms with Crippen molar-refractivity contribution in [2.45, 2.75) is 10.3 Å². The summed E-state index contributed by atoms with van der Waals surface area (Å²) in [5.41, 5.74) is 0. The van der Waals surface area contributed by atoms with Gasteiger partial charge in [0.15, 0.2) is 0 Å². The molecule has 1 saturated heterocycles. The number of carbonyl (C=O) groups is 1. The molecule has 1 atom stereocenters. The van der Waals surface area contributed by atoms with Crippen LogP contribution >= 0.6 is 34.7 Å². The Hall–Kier alpha value is -0.280. The summed E-state index contributed by atoms with van der Waals surface area (Å²) in [6.45, 7) is 0.208. The van der Waals surface area contributed by atoms with Crippen molar-refractivity contribution in [3.8, 4) is 0 Å². The zero-order valence-corrected chi connectivity index (χ0v) is 12.3. The highest BCUT2D eigenvalue weighted by Gasteiger charge is 2.38. The van der Waals surface area contributed by atoms with E-state index in [2.05, 4.69) is 0 Å². The molecule has 0 radical (unpaired) electrons. The van der Waals surface area contributed by atoms with Crippen LogP contribution in [-0.4, -0.2) is 47.9 Å². The normalized spacial score (nSPS) is 21.9. The molecule has 1 aliphatic heterocycles. The third-order valence-corrected chi connectivity index (χ3v) is 7.11. The largest absolute Gasteiger partial charge is 0.480 e. The number of rotatable bonds is 3. The predicted octanol–water partition coefficient (Wildman–Crippen LogP) is 1.59. The van der Waals surface area contributed by atoms with Crippen LogP contribution in [0.5, 0.6) is 0 Å². The highest BCUT2D eigenvalue weighted by Crippen LogP contribution is 2.31. The number of carboxylic acids is 1. The topological polar surface area (TPSA) is 74.7 Å². The number of hydrogen-bond donors (Lipinski definition) is 1. The quantitative estimate of drug-likeness (QED) is 0.912. The van der Waals surface area contributed by atoms with Crippen molar-refractivity contribution in [2.75, 3.05) is 18.1 Å². The average molecular weight is 328 g/mol. The van der Waals surface area contributed by atoms with Crippen LogP contribution in [0.3, 0.4) is 0 Å². The zero-order valence-electron chi connectivity index (χ0n) is 9.08. The fourth-order valence-electron chi connectivity index (χ4n) is 1.62. The van der Waals surface area contributed by atoms with E-state index in [1.807, 2.05) is 0 Å². The molecule has 1 aliphatic rings. The van der Waals surface area contributed by atoms with Crippen molar-refractivity contribution in [1.82, 2.24) is 4.31 Å². The second kappa shape index (κ2) is 5.38. The van der Waals surface area contributed by atoms with Gasteiger partial charge in [-0.1, -0.05) is 11.6 Å². The summed E-state index contributed by atoms with van der Waals surface area (Å²) in [4.78, 5) is 11.1. The van der Waals surface area contributed by atoms with E-state index >= 15 is 0 Å². The number of sulfonamides is 1. The number of thiophene rings is 1. The van der Waals surface area contributed by atoms with Crippen LogP contribution in [-0.2, 0) is 14.8 Å². The molecule has 1 aromatic heterocycles. The Kier molecular flexibility index (Phi) is 4.22. The first kappa shape index (κ1) is 14.1. The summed E-state index contributed by atoms with van der Waals surface area (Å²) >= 11 is 8.10. The van der Waals surface area contributed by atoms with Crippen LogP contribution in [0.2, 0.25) is 4.34 Å². The Labute approximate surface area is 118 Å². The molecule has 100 valence electrons. The van der Waals surface area contributed by atoms with Gasteiger partial charge in [0.2, 0.25) is 0 Å². The van der Waals surface area contributed by atoms with Crippen LogP contribution in [0, 0.1) is 0 Å². The van der Waals surface area contributed by atoms with Gasteiger partial charge in [-0.25, -0.2) is 8.42 Å². The smallest absolute Gasteiger partial charge is 0.322 e. The maximum Gasteiger partial charge on any atom is 0.322 e. The Balaban J connectivity index is 2.36. The fourth-order valence-corrected chi connectivity index (χ4v) is 6.06. The highest BCUT2D eigenvalue weighted by atomic mass is 35.5. The molecule has 1 fully saturated rings. The van der Waals surface area contributed by atoms with Gasteiger partial charge < -0.3 is 5.11 Å². The number of hydrogen-bond acceptors (Lipinski definition) is 5. The number of halogens is 1. The van der Waals surface area contributed by atoms with Gasteiger partial charge in [0.1, 0.15) is 10.3 Å². The molecule has 1 N–H and O–H groups in total. The molecule has 0 bridgehead atoms. The Morgan fingerprint density at radius 2 is 2.22 bits per heavy atom. The van der Waals surface area contributed by atoms with Gasteiger partial charge in [-0.3, -0.25) is 4.79 Å². The molecule has 9 heteroatoms. The van der Waals surface area contributed by atoms with E-state index in [-0.39, 0.29) is 16.5 Å². The number of carboxylic acid groups (broad SMARTS) is 1. The summed E-state index contributed by atoms with van der Waals surface area (Å²) in [7, 11) is -3.76. The minimum absolute atomic E-state index is 0.0886. The second-order valence-electron chi connectivity index (χ2n) is 3.60. The molecular weight excluding hydrogens is 318 g/mol. The van der Waals surface area contributed by atoms with Crippen LogP contribution in [0.1, 0.15) is 0 Å². The molecule has 0 spiro atoms. The lowest BCUT2D eigenvalue weighted by atomic mass is 10.3. The van der Waals surface area contributed by atoms with Gasteiger partial charge in [-0.05, 0) is 12.1 Å². The first-order chi connectivity index (χ1) is 8.43. The average Bonchev–Trinajstić information content (AvgIpc) is 2.76. The van der Waals surface area contributed by atoms with E-state index in [9.17, 15) is 13.2 Å². The van der Waals surface area contributed by atoms with Crippen molar-refractivity contribution >= 4 is 50.7 Å². The third kappa shape index (κ3) is 2.67. The molecule has 0 amide bonds. The molecule has 0 aliphatic carbocycles. The predicted molar refractivity (Wildman–Crippen MR) is 72.0 cm³/mol. The van der Waals surface area contributed by atoms with E-state index in [1.165, 1.54) is 23.9 Å². The van der Waals surface area contributed by atoms with Gasteiger partial charge in [-0.2, -0.15) is 16.1 Å². The van der Waals surface area contributed by atoms with Crippen LogP contribution in [0.15, 0.2) is 16.3 Å². The molecule has 2 heterocycles. The lowest BCUT2D eigenvalue weighted by Gasteiger charge is -2.30. The van der Waals surface area contributed by atoms with E-state index in [4.69, 9.17) is 16.7 Å². The van der Waals surface area contributed by atoms with Gasteiger partial charge >= 0.3 is 5.97 Å². The van der Waals surface area contributed by atoms with Crippen molar-refractivity contribution in [3.05, 3.63) is 16.5 Å². The van der Waals surface area contributed by atoms with Crippen molar-refractivity contribution in [2.24, 2.45) is 0 Å². The minimum Gasteiger partial charge on any atom is -0.480 e. The first-order valence-electron chi connectivity index (χ1n) is 5.00. The van der Waals surface area contributed by atoms with Crippen molar-refractivity contribution in [1.29, 1.82) is 0 Å². The van der Waals surface area contributed by atoms with Crippen molar-refractivity contribution < 1.29 is 18.3 Å². The monoisotopic (exact) mass is 327 g/mol. The van der Waals surface area contributed by atoms with Gasteiger partial charge in [0.25, 0.3) is 10.0 Å². The number of nitrogens with zero attached hydrogens (tertiary/aromatic N) is 1. The Morgan fingerprint density at radius 3 is 2.78 bits per heavy atom. The molecule has 18 heavy (non-hydrogen) atoms. The van der Waals surface area contributed by atoms with E-state index in [0.29, 0.717) is 10.1 Å². The molecule has 0 saturated carbocycles. The first-order valence-corrected chi connectivity index (χ1v) is 8.79. The number of aliphatic carboxylic acids is 1. The Morgan fingerprint density at radius 1 is 1.50 bits per heavy atom. The van der Waals surface area contributed by atoms with E-state index in [1.54, 1.807) is 0 Å². The zero-order chi connectivity index (χ0) is 13.3. The second-order valence-corrected chi connectivity index (χ2v) is 8.59. The third-order valence-electron chi connectivity index (χ3n) is 2.48. The SMILES string of the molecule is O=C(O)C1CSCCN1S(=O)(=O)c1ccc(Cl)s1. The van der Waals surface area contributed by atoms with Gasteiger partial charge in [0.05, 0.1) is 4.34 Å². The molecule has 0 aromatic carbocycles. The lowest BCUT2D eigenvalue weighted by molar-refractivity contribution is -0.140. The maximum atomic E-state index is 12.3. The summed E-state index contributed by atoms with van der Waals surface area (Å²) in [6, 6.07) is 1.89. The van der Waals surface area contributed by atoms with Crippen LogP contribution in [0.25, 0.3) is 0 Å². The van der Waals surface area contributed by atoms with Crippen molar-refractivity contribution in [3.63, 3.8) is 0 Å². The van der Waals surface area contributed by atoms with Crippen LogP contribution < -0.4 is 0 Å². The Bertz CT molecular complexity index is 556. The van der Waals surface area contributed by atoms with E-state index in [0.717, 1.165) is 15.6 Å². The van der Waals surface area contributed by atoms with E-state index < -0.39 is 22.0 Å². The van der Waals surface area contributed by atoms with Gasteiger partial charge in [0, 0.05) is 18.1 Å². The molecule has 1 unspecified atom stereocenters. The summed E-state index contributed by atoms with van der Waals surface area (Å²) in [5.74, 6) is -0.246. The summed E-state index contributed by atoms with van der Waals surface area (Å²) < 4.78 is 26.1. The molecular formula is C9H10ClNO4S3. The lowest BCUT2D eigenvalue weighted by Crippen LogP contribution is -2.49. The fraction of sp³-hybridized carbons (Fsp3) is 0.444. The van der Waals surface area contributed by atoms with Gasteiger partial charge in [-0.15, -0.1) is 11.3 Å². The van der Waals surface area contributed by atoms with Crippen LogP contribution in [0.4, 0.5) is 0 Å². The maximum absolute atomic E-state index is 12.3. The molecule has 5 nitrogen and oxygen atoms in total. The summed E-state index contributed by atoms with van der Waals surface area (Å²) in [5, 5.41) is 9.08. The standard InChI is InChI=1S/C9H10ClNO4S3/c10-7-1-2-8(17-7)18(14,15)11-3-4-16-5-6(11)9(12)13/h1-2,6H,3-5H2,(H,12,13). The minimum atomic E-state index is -3.76. The molecule has 1 aromatic rings.